The first-order valence-electron chi connectivity index (χ1n) is 9.56. The Bertz CT molecular complexity index is 887. The molecule has 0 aromatic heterocycles. The molecule has 0 unspecified atom stereocenters. The van der Waals surface area contributed by atoms with Gasteiger partial charge in [0.25, 0.3) is 5.91 Å². The van der Waals surface area contributed by atoms with Crippen molar-refractivity contribution in [3.8, 4) is 11.5 Å². The van der Waals surface area contributed by atoms with Crippen molar-refractivity contribution in [1.29, 1.82) is 0 Å². The molecule has 3 rings (SSSR count). The molecule has 0 spiro atoms. The molecule has 2 aromatic rings. The summed E-state index contributed by atoms with van der Waals surface area (Å²) in [7, 11) is 3.15. The van der Waals surface area contributed by atoms with Gasteiger partial charge < -0.3 is 19.7 Å². The number of halogens is 1. The lowest BCUT2D eigenvalue weighted by molar-refractivity contribution is -0.126. The monoisotopic (exact) mass is 400 g/mol. The summed E-state index contributed by atoms with van der Waals surface area (Å²) in [5, 5.41) is 2.92. The van der Waals surface area contributed by atoms with E-state index in [0.29, 0.717) is 30.9 Å². The fourth-order valence-electron chi connectivity index (χ4n) is 3.53. The van der Waals surface area contributed by atoms with Crippen molar-refractivity contribution < 1.29 is 23.5 Å². The molecule has 1 fully saturated rings. The molecule has 0 aliphatic carbocycles. The SMILES string of the molecule is COc1ccc(OC)c(CNC(=O)[C@@H]2CCCN(C(=O)c3ccccc3F)C2)c1. The van der Waals surface area contributed by atoms with E-state index in [1.807, 2.05) is 6.07 Å². The van der Waals surface area contributed by atoms with Gasteiger partial charge in [0.2, 0.25) is 5.91 Å². The molecule has 1 aliphatic rings. The maximum atomic E-state index is 13.9. The molecular formula is C22H25FN2O4. The fourth-order valence-corrected chi connectivity index (χ4v) is 3.53. The summed E-state index contributed by atoms with van der Waals surface area (Å²) in [4.78, 5) is 26.9. The van der Waals surface area contributed by atoms with Gasteiger partial charge in [-0.05, 0) is 43.2 Å². The summed E-state index contributed by atoms with van der Waals surface area (Å²) in [5.74, 6) is -0.0679. The van der Waals surface area contributed by atoms with Gasteiger partial charge in [0.1, 0.15) is 17.3 Å². The first kappa shape index (κ1) is 20.6. The van der Waals surface area contributed by atoms with Gasteiger partial charge >= 0.3 is 0 Å². The molecule has 0 saturated carbocycles. The maximum Gasteiger partial charge on any atom is 0.256 e. The van der Waals surface area contributed by atoms with Crippen LogP contribution in [-0.4, -0.2) is 44.0 Å². The molecule has 6 nitrogen and oxygen atoms in total. The summed E-state index contributed by atoms with van der Waals surface area (Å²) in [6.07, 6.45) is 1.38. The van der Waals surface area contributed by atoms with E-state index in [1.54, 1.807) is 43.4 Å². The van der Waals surface area contributed by atoms with E-state index < -0.39 is 5.82 Å². The number of likely N-dealkylation sites (tertiary alicyclic amines) is 1. The third kappa shape index (κ3) is 4.85. The number of nitrogens with one attached hydrogen (secondary N) is 1. The van der Waals surface area contributed by atoms with E-state index in [0.717, 1.165) is 5.56 Å². The Morgan fingerprint density at radius 3 is 2.69 bits per heavy atom. The number of rotatable bonds is 6. The van der Waals surface area contributed by atoms with Crippen molar-refractivity contribution in [2.75, 3.05) is 27.3 Å². The second-order valence-corrected chi connectivity index (χ2v) is 6.97. The van der Waals surface area contributed by atoms with Crippen molar-refractivity contribution in [1.82, 2.24) is 10.2 Å². The predicted octanol–water partition coefficient (Wildman–Crippen LogP) is 3.01. The van der Waals surface area contributed by atoms with Crippen LogP contribution in [0.1, 0.15) is 28.8 Å². The van der Waals surface area contributed by atoms with Gasteiger partial charge in [-0.1, -0.05) is 12.1 Å². The van der Waals surface area contributed by atoms with Crippen LogP contribution >= 0.6 is 0 Å². The Labute approximate surface area is 169 Å². The van der Waals surface area contributed by atoms with Gasteiger partial charge in [0.05, 0.1) is 25.7 Å². The number of methoxy groups -OCH3 is 2. The minimum Gasteiger partial charge on any atom is -0.497 e. The van der Waals surface area contributed by atoms with Gasteiger partial charge in [-0.25, -0.2) is 4.39 Å². The topological polar surface area (TPSA) is 67.9 Å². The summed E-state index contributed by atoms with van der Waals surface area (Å²) in [5.41, 5.74) is 0.838. The fraction of sp³-hybridized carbons (Fsp3) is 0.364. The van der Waals surface area contributed by atoms with Crippen molar-refractivity contribution in [3.05, 3.63) is 59.4 Å². The molecule has 7 heteroatoms. The summed E-state index contributed by atoms with van der Waals surface area (Å²) in [6.45, 7) is 1.08. The minimum absolute atomic E-state index is 0.0367. The Balaban J connectivity index is 1.63. The van der Waals surface area contributed by atoms with Gasteiger partial charge in [-0.15, -0.1) is 0 Å². The van der Waals surface area contributed by atoms with E-state index in [2.05, 4.69) is 5.32 Å². The molecule has 2 amide bonds. The molecule has 1 aliphatic heterocycles. The van der Waals surface area contributed by atoms with E-state index in [-0.39, 0.29) is 36.4 Å². The minimum atomic E-state index is -0.547. The van der Waals surface area contributed by atoms with Gasteiger partial charge in [-0.2, -0.15) is 0 Å². The van der Waals surface area contributed by atoms with Crippen molar-refractivity contribution in [2.45, 2.75) is 19.4 Å². The smallest absolute Gasteiger partial charge is 0.256 e. The maximum absolute atomic E-state index is 13.9. The highest BCUT2D eigenvalue weighted by molar-refractivity contribution is 5.95. The first-order chi connectivity index (χ1) is 14.0. The normalized spacial score (nSPS) is 16.2. The molecule has 2 aromatic carbocycles. The number of carbonyl (C=O) groups is 2. The van der Waals surface area contributed by atoms with Crippen LogP contribution in [-0.2, 0) is 11.3 Å². The zero-order valence-corrected chi connectivity index (χ0v) is 16.6. The average Bonchev–Trinajstić information content (AvgIpc) is 2.77. The van der Waals surface area contributed by atoms with Crippen LogP contribution in [0.3, 0.4) is 0 Å². The van der Waals surface area contributed by atoms with Crippen LogP contribution in [0.2, 0.25) is 0 Å². The van der Waals surface area contributed by atoms with Gasteiger partial charge in [0, 0.05) is 25.2 Å². The third-order valence-corrected chi connectivity index (χ3v) is 5.12. The largest absolute Gasteiger partial charge is 0.497 e. The molecule has 1 saturated heterocycles. The number of nitrogens with zero attached hydrogens (tertiary/aromatic N) is 1. The molecule has 1 heterocycles. The lowest BCUT2D eigenvalue weighted by Crippen LogP contribution is -2.45. The Kier molecular flexibility index (Phi) is 6.69. The Hall–Kier alpha value is -3.09. The van der Waals surface area contributed by atoms with Crippen LogP contribution in [0, 0.1) is 11.7 Å². The number of amides is 2. The third-order valence-electron chi connectivity index (χ3n) is 5.12. The van der Waals surface area contributed by atoms with Crippen LogP contribution in [0.15, 0.2) is 42.5 Å². The van der Waals surface area contributed by atoms with Crippen molar-refractivity contribution in [2.24, 2.45) is 5.92 Å². The molecule has 29 heavy (non-hydrogen) atoms. The highest BCUT2D eigenvalue weighted by Gasteiger charge is 2.29. The average molecular weight is 400 g/mol. The number of hydrogen-bond acceptors (Lipinski definition) is 4. The molecule has 0 bridgehead atoms. The second kappa shape index (κ2) is 9.41. The van der Waals surface area contributed by atoms with E-state index in [1.165, 1.54) is 12.1 Å². The van der Waals surface area contributed by atoms with E-state index in [9.17, 15) is 14.0 Å². The number of hydrogen-bond donors (Lipinski definition) is 1. The lowest BCUT2D eigenvalue weighted by atomic mass is 9.96. The van der Waals surface area contributed by atoms with Gasteiger partial charge in [0.15, 0.2) is 0 Å². The molecule has 0 radical (unpaired) electrons. The zero-order chi connectivity index (χ0) is 20.8. The summed E-state index contributed by atoms with van der Waals surface area (Å²) in [6, 6.07) is 11.3. The highest BCUT2D eigenvalue weighted by Crippen LogP contribution is 2.24. The zero-order valence-electron chi connectivity index (χ0n) is 16.6. The van der Waals surface area contributed by atoms with Crippen LogP contribution in [0.5, 0.6) is 11.5 Å². The van der Waals surface area contributed by atoms with Crippen molar-refractivity contribution >= 4 is 11.8 Å². The van der Waals surface area contributed by atoms with Crippen LogP contribution < -0.4 is 14.8 Å². The Morgan fingerprint density at radius 1 is 1.17 bits per heavy atom. The van der Waals surface area contributed by atoms with Crippen LogP contribution in [0.25, 0.3) is 0 Å². The number of piperidine rings is 1. The number of benzene rings is 2. The second-order valence-electron chi connectivity index (χ2n) is 6.97. The molecular weight excluding hydrogens is 375 g/mol. The lowest BCUT2D eigenvalue weighted by Gasteiger charge is -2.32. The number of carbonyl (C=O) groups excluding carboxylic acids is 2. The Morgan fingerprint density at radius 2 is 1.97 bits per heavy atom. The molecule has 1 N–H and O–H groups in total. The highest BCUT2D eigenvalue weighted by atomic mass is 19.1. The standard InChI is InChI=1S/C22H25FN2O4/c1-28-17-9-10-20(29-2)16(12-17)13-24-21(26)15-6-5-11-25(14-15)22(27)18-7-3-4-8-19(18)23/h3-4,7-10,12,15H,5-6,11,13-14H2,1-2H3,(H,24,26)/t15-/m1/s1. The summed E-state index contributed by atoms with van der Waals surface area (Å²) < 4.78 is 24.5. The van der Waals surface area contributed by atoms with Crippen LogP contribution in [0.4, 0.5) is 4.39 Å². The molecule has 1 atom stereocenters. The van der Waals surface area contributed by atoms with Crippen molar-refractivity contribution in [3.63, 3.8) is 0 Å². The number of ether oxygens (including phenoxy) is 2. The van der Waals surface area contributed by atoms with Gasteiger partial charge in [-0.3, -0.25) is 9.59 Å². The van der Waals surface area contributed by atoms with E-state index in [4.69, 9.17) is 9.47 Å². The predicted molar refractivity (Wildman–Crippen MR) is 106 cm³/mol. The van der Waals surface area contributed by atoms with E-state index >= 15 is 0 Å². The first-order valence-corrected chi connectivity index (χ1v) is 9.56. The molecule has 154 valence electrons. The quantitative estimate of drug-likeness (QED) is 0.810. The summed E-state index contributed by atoms with van der Waals surface area (Å²) >= 11 is 0.